The van der Waals surface area contributed by atoms with Crippen molar-refractivity contribution < 1.29 is 22.0 Å². The Hall–Kier alpha value is -2.95. The third kappa shape index (κ3) is 3.57. The van der Waals surface area contributed by atoms with E-state index in [9.17, 15) is 22.0 Å². The SMILES string of the molecule is CCc1cc(F)c(C2=CCc3cc(-c4ccc(F)c(F)c4)c(F)cc3C2)c(F)c1. The largest absolute Gasteiger partial charge is 0.206 e. The van der Waals surface area contributed by atoms with Crippen LogP contribution in [0.25, 0.3) is 16.7 Å². The van der Waals surface area contributed by atoms with Crippen molar-refractivity contribution in [1.29, 1.82) is 0 Å². The Morgan fingerprint density at radius 3 is 2.10 bits per heavy atom. The molecule has 148 valence electrons. The molecule has 4 rings (SSSR count). The lowest BCUT2D eigenvalue weighted by molar-refractivity contribution is 0.509. The second-order valence-electron chi connectivity index (χ2n) is 7.13. The summed E-state index contributed by atoms with van der Waals surface area (Å²) in [6, 6.07) is 8.74. The molecule has 0 bridgehead atoms. The molecule has 5 heteroatoms. The predicted molar refractivity (Wildman–Crippen MR) is 103 cm³/mol. The Morgan fingerprint density at radius 2 is 1.45 bits per heavy atom. The van der Waals surface area contributed by atoms with Crippen molar-refractivity contribution in [2.45, 2.75) is 26.2 Å². The van der Waals surface area contributed by atoms with E-state index < -0.39 is 29.1 Å². The summed E-state index contributed by atoms with van der Waals surface area (Å²) in [5.74, 6) is -3.91. The Balaban J connectivity index is 1.71. The van der Waals surface area contributed by atoms with Gasteiger partial charge >= 0.3 is 0 Å². The van der Waals surface area contributed by atoms with E-state index in [-0.39, 0.29) is 23.1 Å². The van der Waals surface area contributed by atoms with Crippen molar-refractivity contribution in [3.05, 3.63) is 99.9 Å². The topological polar surface area (TPSA) is 0 Å². The molecule has 29 heavy (non-hydrogen) atoms. The van der Waals surface area contributed by atoms with Gasteiger partial charge in [0.15, 0.2) is 11.6 Å². The molecule has 0 fully saturated rings. The molecule has 0 N–H and O–H groups in total. The van der Waals surface area contributed by atoms with Crippen LogP contribution in [0.4, 0.5) is 22.0 Å². The van der Waals surface area contributed by atoms with Crippen molar-refractivity contribution in [1.82, 2.24) is 0 Å². The molecule has 3 aromatic carbocycles. The Kier molecular flexibility index (Phi) is 4.99. The molecule has 0 saturated heterocycles. The van der Waals surface area contributed by atoms with Gasteiger partial charge in [-0.1, -0.05) is 19.1 Å². The molecule has 0 atom stereocenters. The fraction of sp³-hybridized carbons (Fsp3) is 0.167. The van der Waals surface area contributed by atoms with Crippen molar-refractivity contribution in [2.24, 2.45) is 0 Å². The van der Waals surface area contributed by atoms with Crippen LogP contribution in [-0.4, -0.2) is 0 Å². The molecule has 1 aliphatic carbocycles. The highest BCUT2D eigenvalue weighted by Crippen LogP contribution is 2.35. The first-order chi connectivity index (χ1) is 13.9. The molecule has 0 amide bonds. The van der Waals surface area contributed by atoms with Crippen LogP contribution in [0, 0.1) is 29.1 Å². The molecule has 0 unspecified atom stereocenters. The van der Waals surface area contributed by atoms with Gasteiger partial charge in [0.05, 0.1) is 0 Å². The van der Waals surface area contributed by atoms with Crippen molar-refractivity contribution in [3.63, 3.8) is 0 Å². The van der Waals surface area contributed by atoms with E-state index in [1.807, 2.05) is 6.92 Å². The number of allylic oxidation sites excluding steroid dienone is 2. The van der Waals surface area contributed by atoms with Crippen molar-refractivity contribution >= 4 is 5.57 Å². The summed E-state index contributed by atoms with van der Waals surface area (Å²) < 4.78 is 70.3. The molecule has 0 aromatic heterocycles. The Labute approximate surface area is 165 Å². The van der Waals surface area contributed by atoms with Crippen LogP contribution >= 0.6 is 0 Å². The van der Waals surface area contributed by atoms with Crippen molar-refractivity contribution in [2.75, 3.05) is 0 Å². The van der Waals surface area contributed by atoms with Gasteiger partial charge in [-0.25, -0.2) is 22.0 Å². The van der Waals surface area contributed by atoms with Gasteiger partial charge < -0.3 is 0 Å². The molecule has 1 aliphatic rings. The molecule has 3 aromatic rings. The summed E-state index contributed by atoms with van der Waals surface area (Å²) >= 11 is 0. The van der Waals surface area contributed by atoms with Gasteiger partial charge in [0.1, 0.15) is 17.5 Å². The fourth-order valence-electron chi connectivity index (χ4n) is 3.74. The minimum absolute atomic E-state index is 0.0852. The first-order valence-corrected chi connectivity index (χ1v) is 9.31. The van der Waals surface area contributed by atoms with E-state index in [4.69, 9.17) is 0 Å². The minimum Gasteiger partial charge on any atom is -0.206 e. The Bertz CT molecular complexity index is 1120. The second-order valence-corrected chi connectivity index (χ2v) is 7.13. The summed E-state index contributed by atoms with van der Waals surface area (Å²) in [5.41, 5.74) is 2.73. The molecular formula is C24H17F5. The Morgan fingerprint density at radius 1 is 0.724 bits per heavy atom. The lowest BCUT2D eigenvalue weighted by Gasteiger charge is -2.20. The van der Waals surface area contributed by atoms with E-state index in [0.717, 1.165) is 17.7 Å². The summed E-state index contributed by atoms with van der Waals surface area (Å²) in [6.07, 6.45) is 2.79. The highest BCUT2D eigenvalue weighted by atomic mass is 19.2. The maximum Gasteiger partial charge on any atom is 0.159 e. The van der Waals surface area contributed by atoms with E-state index in [0.29, 0.717) is 29.5 Å². The van der Waals surface area contributed by atoms with E-state index in [1.54, 1.807) is 12.1 Å². The maximum atomic E-state index is 14.7. The van der Waals surface area contributed by atoms with E-state index >= 15 is 0 Å². The van der Waals surface area contributed by atoms with Gasteiger partial charge in [0.25, 0.3) is 0 Å². The molecule has 0 spiro atoms. The van der Waals surface area contributed by atoms with Crippen LogP contribution in [0.3, 0.4) is 0 Å². The van der Waals surface area contributed by atoms with E-state index in [2.05, 4.69) is 0 Å². The molecular weight excluding hydrogens is 383 g/mol. The number of hydrogen-bond donors (Lipinski definition) is 0. The van der Waals surface area contributed by atoms with Crippen LogP contribution in [-0.2, 0) is 19.3 Å². The number of rotatable bonds is 3. The summed E-state index contributed by atoms with van der Waals surface area (Å²) in [7, 11) is 0. The maximum absolute atomic E-state index is 14.7. The van der Waals surface area contributed by atoms with Crippen LogP contribution < -0.4 is 0 Å². The monoisotopic (exact) mass is 400 g/mol. The van der Waals surface area contributed by atoms with Gasteiger partial charge in [0.2, 0.25) is 0 Å². The standard InChI is InChI=1S/C24H17F5/c1-2-13-7-22(28)24(23(29)8-13)16-4-3-14-10-18(20(26)12-17(14)9-16)15-5-6-19(25)21(27)11-15/h4-8,10-12H,2-3,9H2,1H3. The van der Waals surface area contributed by atoms with Gasteiger partial charge in [-0.15, -0.1) is 0 Å². The number of hydrogen-bond acceptors (Lipinski definition) is 0. The summed E-state index contributed by atoms with van der Waals surface area (Å²) in [6.45, 7) is 1.82. The zero-order valence-corrected chi connectivity index (χ0v) is 15.6. The van der Waals surface area contributed by atoms with Crippen LogP contribution in [0.2, 0.25) is 0 Å². The normalized spacial score (nSPS) is 13.2. The lowest BCUT2D eigenvalue weighted by atomic mass is 9.85. The summed E-state index contributed by atoms with van der Waals surface area (Å²) in [5, 5.41) is 0. The number of benzene rings is 3. The molecule has 0 nitrogen and oxygen atoms in total. The minimum atomic E-state index is -1.05. The third-order valence-corrected chi connectivity index (χ3v) is 5.30. The average molecular weight is 400 g/mol. The first kappa shape index (κ1) is 19.4. The average Bonchev–Trinajstić information content (AvgIpc) is 2.69. The van der Waals surface area contributed by atoms with Gasteiger partial charge in [0, 0.05) is 11.1 Å². The van der Waals surface area contributed by atoms with Crippen LogP contribution in [0.5, 0.6) is 0 Å². The van der Waals surface area contributed by atoms with Gasteiger partial charge in [-0.3, -0.25) is 0 Å². The van der Waals surface area contributed by atoms with Crippen LogP contribution in [0.15, 0.2) is 48.5 Å². The fourth-order valence-corrected chi connectivity index (χ4v) is 3.74. The predicted octanol–water partition coefficient (Wildman–Crippen LogP) is 6.79. The summed E-state index contributed by atoms with van der Waals surface area (Å²) in [4.78, 5) is 0. The molecule has 0 aliphatic heterocycles. The highest BCUT2D eigenvalue weighted by molar-refractivity contribution is 5.74. The quantitative estimate of drug-likeness (QED) is 0.425. The molecule has 0 radical (unpaired) electrons. The molecule has 0 saturated carbocycles. The van der Waals surface area contributed by atoms with Crippen molar-refractivity contribution in [3.8, 4) is 11.1 Å². The number of halogens is 5. The highest BCUT2D eigenvalue weighted by Gasteiger charge is 2.21. The van der Waals surface area contributed by atoms with E-state index in [1.165, 1.54) is 24.3 Å². The van der Waals surface area contributed by atoms with Crippen LogP contribution in [0.1, 0.15) is 29.2 Å². The number of fused-ring (bicyclic) bond motifs is 1. The van der Waals surface area contributed by atoms with Gasteiger partial charge in [-0.05, 0) is 83.5 Å². The number of aryl methyl sites for hydroxylation is 1. The zero-order chi connectivity index (χ0) is 20.7. The molecule has 0 heterocycles. The van der Waals surface area contributed by atoms with Gasteiger partial charge in [-0.2, -0.15) is 0 Å². The third-order valence-electron chi connectivity index (χ3n) is 5.30. The lowest BCUT2D eigenvalue weighted by Crippen LogP contribution is -2.07. The first-order valence-electron chi connectivity index (χ1n) is 9.31. The zero-order valence-electron chi connectivity index (χ0n) is 15.6. The smallest absolute Gasteiger partial charge is 0.159 e. The second kappa shape index (κ2) is 7.47.